The number of amides is 2. The number of carbonyl (C=O) groups is 2. The van der Waals surface area contributed by atoms with E-state index in [9.17, 15) is 9.59 Å². The summed E-state index contributed by atoms with van der Waals surface area (Å²) in [6.45, 7) is 2.25. The molecule has 0 bridgehead atoms. The van der Waals surface area contributed by atoms with Crippen LogP contribution >= 0.6 is 0 Å². The summed E-state index contributed by atoms with van der Waals surface area (Å²) in [5, 5.41) is 0. The molecular formula is C9H15N3O2. The molecule has 0 aromatic carbocycles. The Bertz CT molecular complexity index is 296. The zero-order valence-electron chi connectivity index (χ0n) is 8.49. The summed E-state index contributed by atoms with van der Waals surface area (Å²) in [6.07, 6.45) is 1.66. The first kappa shape index (κ1) is 9.45. The van der Waals surface area contributed by atoms with Crippen LogP contribution in [0.25, 0.3) is 0 Å². The Hall–Kier alpha value is -1.10. The molecule has 2 fully saturated rings. The number of likely N-dealkylation sites (N-methyl/N-ethyl adjacent to an activating group) is 1. The lowest BCUT2D eigenvalue weighted by Crippen LogP contribution is -2.71. The van der Waals surface area contributed by atoms with Crippen LogP contribution in [0.3, 0.4) is 0 Å². The standard InChI is InChI=1S/C9H15N3O2/c1-9(10)8(14)12-5-3-4-6(12)7(13)11(9)2/h6H,3-5,10H2,1-2H3/t6-,9-/m1/s1. The molecule has 2 heterocycles. The number of piperazine rings is 1. The maximum Gasteiger partial charge on any atom is 0.263 e. The smallest absolute Gasteiger partial charge is 0.263 e. The van der Waals surface area contributed by atoms with Crippen molar-refractivity contribution in [2.75, 3.05) is 13.6 Å². The van der Waals surface area contributed by atoms with E-state index in [2.05, 4.69) is 0 Å². The van der Waals surface area contributed by atoms with E-state index in [0.29, 0.717) is 6.54 Å². The molecule has 0 unspecified atom stereocenters. The van der Waals surface area contributed by atoms with Gasteiger partial charge in [-0.2, -0.15) is 0 Å². The fourth-order valence-corrected chi connectivity index (χ4v) is 2.15. The van der Waals surface area contributed by atoms with Crippen LogP contribution in [-0.2, 0) is 9.59 Å². The summed E-state index contributed by atoms with van der Waals surface area (Å²) >= 11 is 0. The maximum atomic E-state index is 11.9. The molecule has 2 amide bonds. The second-order valence-corrected chi connectivity index (χ2v) is 4.20. The van der Waals surface area contributed by atoms with Gasteiger partial charge in [-0.25, -0.2) is 0 Å². The van der Waals surface area contributed by atoms with Gasteiger partial charge in [0, 0.05) is 13.6 Å². The van der Waals surface area contributed by atoms with E-state index in [1.807, 2.05) is 0 Å². The van der Waals surface area contributed by atoms with Crippen LogP contribution in [0.1, 0.15) is 19.8 Å². The number of nitrogens with zero attached hydrogens (tertiary/aromatic N) is 2. The van der Waals surface area contributed by atoms with E-state index in [1.54, 1.807) is 18.9 Å². The van der Waals surface area contributed by atoms with E-state index in [4.69, 9.17) is 5.73 Å². The predicted molar refractivity (Wildman–Crippen MR) is 50.1 cm³/mol. The highest BCUT2D eigenvalue weighted by Crippen LogP contribution is 2.28. The molecule has 0 radical (unpaired) electrons. The van der Waals surface area contributed by atoms with Crippen LogP contribution < -0.4 is 5.73 Å². The Morgan fingerprint density at radius 2 is 2.14 bits per heavy atom. The van der Waals surface area contributed by atoms with Crippen molar-refractivity contribution in [2.45, 2.75) is 31.5 Å². The first-order valence-corrected chi connectivity index (χ1v) is 4.84. The summed E-state index contributed by atoms with van der Waals surface area (Å²) in [4.78, 5) is 26.7. The quantitative estimate of drug-likeness (QED) is 0.548. The Morgan fingerprint density at radius 3 is 2.79 bits per heavy atom. The Morgan fingerprint density at radius 1 is 1.50 bits per heavy atom. The third-order valence-electron chi connectivity index (χ3n) is 3.26. The van der Waals surface area contributed by atoms with Crippen molar-refractivity contribution in [1.82, 2.24) is 9.80 Å². The van der Waals surface area contributed by atoms with Gasteiger partial charge >= 0.3 is 0 Å². The van der Waals surface area contributed by atoms with E-state index < -0.39 is 5.66 Å². The Balaban J connectivity index is 2.37. The molecule has 2 aliphatic rings. The molecule has 14 heavy (non-hydrogen) atoms. The molecule has 78 valence electrons. The number of carbonyl (C=O) groups excluding carboxylic acids is 2. The van der Waals surface area contributed by atoms with Crippen molar-refractivity contribution in [3.8, 4) is 0 Å². The molecule has 0 aromatic heterocycles. The molecule has 2 aliphatic heterocycles. The largest absolute Gasteiger partial charge is 0.327 e. The minimum Gasteiger partial charge on any atom is -0.327 e. The van der Waals surface area contributed by atoms with Crippen molar-refractivity contribution in [3.63, 3.8) is 0 Å². The minimum absolute atomic E-state index is 0.0351. The van der Waals surface area contributed by atoms with Crippen LogP contribution in [0.5, 0.6) is 0 Å². The Kier molecular flexibility index (Phi) is 1.82. The highest BCUT2D eigenvalue weighted by molar-refractivity contribution is 5.99. The van der Waals surface area contributed by atoms with Gasteiger partial charge in [-0.05, 0) is 19.8 Å². The number of hydrogen-bond donors (Lipinski definition) is 1. The van der Waals surface area contributed by atoms with Gasteiger partial charge in [0.2, 0.25) is 5.91 Å². The number of fused-ring (bicyclic) bond motifs is 1. The van der Waals surface area contributed by atoms with E-state index in [-0.39, 0.29) is 17.9 Å². The highest BCUT2D eigenvalue weighted by Gasteiger charge is 2.51. The van der Waals surface area contributed by atoms with Gasteiger partial charge in [0.15, 0.2) is 5.66 Å². The second-order valence-electron chi connectivity index (χ2n) is 4.20. The van der Waals surface area contributed by atoms with Crippen molar-refractivity contribution in [3.05, 3.63) is 0 Å². The molecule has 0 aliphatic carbocycles. The minimum atomic E-state index is -1.17. The third kappa shape index (κ3) is 0.987. The Labute approximate surface area is 82.8 Å². The van der Waals surface area contributed by atoms with Crippen molar-refractivity contribution < 1.29 is 9.59 Å². The molecule has 2 rings (SSSR count). The summed E-state index contributed by atoms with van der Waals surface area (Å²) in [6, 6.07) is -0.260. The zero-order valence-corrected chi connectivity index (χ0v) is 8.49. The average molecular weight is 197 g/mol. The number of rotatable bonds is 0. The van der Waals surface area contributed by atoms with Crippen LogP contribution in [0, 0.1) is 0 Å². The molecule has 2 atom stereocenters. The SMILES string of the molecule is CN1C(=O)[C@H]2CCCN2C(=O)[C@]1(C)N. The predicted octanol–water partition coefficient (Wildman–Crippen LogP) is -0.876. The summed E-state index contributed by atoms with van der Waals surface area (Å²) in [5.41, 5.74) is 4.66. The lowest BCUT2D eigenvalue weighted by atomic mass is 10.0. The number of nitrogens with two attached hydrogens (primary N) is 1. The highest BCUT2D eigenvalue weighted by atomic mass is 16.2. The zero-order chi connectivity index (χ0) is 10.5. The fraction of sp³-hybridized carbons (Fsp3) is 0.778. The van der Waals surface area contributed by atoms with E-state index in [1.165, 1.54) is 4.90 Å². The molecule has 2 N–H and O–H groups in total. The monoisotopic (exact) mass is 197 g/mol. The van der Waals surface area contributed by atoms with Crippen molar-refractivity contribution in [1.29, 1.82) is 0 Å². The fourth-order valence-electron chi connectivity index (χ4n) is 2.15. The van der Waals surface area contributed by atoms with Crippen LogP contribution in [0.2, 0.25) is 0 Å². The molecule has 5 heteroatoms. The molecular weight excluding hydrogens is 182 g/mol. The van der Waals surface area contributed by atoms with Crippen molar-refractivity contribution >= 4 is 11.8 Å². The first-order chi connectivity index (χ1) is 6.46. The lowest BCUT2D eigenvalue weighted by molar-refractivity contribution is -0.164. The molecule has 0 saturated carbocycles. The summed E-state index contributed by atoms with van der Waals surface area (Å²) < 4.78 is 0. The van der Waals surface area contributed by atoms with E-state index >= 15 is 0 Å². The van der Waals surface area contributed by atoms with Crippen LogP contribution in [-0.4, -0.2) is 46.9 Å². The summed E-state index contributed by atoms with van der Waals surface area (Å²) in [5.74, 6) is -0.172. The van der Waals surface area contributed by atoms with Gasteiger partial charge in [-0.15, -0.1) is 0 Å². The average Bonchev–Trinajstić information content (AvgIpc) is 2.60. The molecule has 0 spiro atoms. The molecule has 5 nitrogen and oxygen atoms in total. The molecule has 0 aromatic rings. The van der Waals surface area contributed by atoms with Gasteiger partial charge in [-0.3, -0.25) is 9.59 Å². The first-order valence-electron chi connectivity index (χ1n) is 4.84. The number of hydrogen-bond acceptors (Lipinski definition) is 3. The molecule has 2 saturated heterocycles. The van der Waals surface area contributed by atoms with Crippen LogP contribution in [0.15, 0.2) is 0 Å². The van der Waals surface area contributed by atoms with Gasteiger partial charge in [0.25, 0.3) is 5.91 Å². The van der Waals surface area contributed by atoms with E-state index in [0.717, 1.165) is 12.8 Å². The van der Waals surface area contributed by atoms with Gasteiger partial charge < -0.3 is 15.5 Å². The second kappa shape index (κ2) is 2.70. The normalized spacial score (nSPS) is 37.8. The summed E-state index contributed by atoms with van der Waals surface area (Å²) in [7, 11) is 1.59. The third-order valence-corrected chi connectivity index (χ3v) is 3.26. The van der Waals surface area contributed by atoms with Crippen molar-refractivity contribution in [2.24, 2.45) is 5.73 Å². The lowest BCUT2D eigenvalue weighted by Gasteiger charge is -2.44. The topological polar surface area (TPSA) is 66.6 Å². The van der Waals surface area contributed by atoms with Gasteiger partial charge in [-0.1, -0.05) is 0 Å². The van der Waals surface area contributed by atoms with Crippen LogP contribution in [0.4, 0.5) is 0 Å². The van der Waals surface area contributed by atoms with Gasteiger partial charge in [0.05, 0.1) is 0 Å². The maximum absolute atomic E-state index is 11.9. The van der Waals surface area contributed by atoms with Gasteiger partial charge in [0.1, 0.15) is 6.04 Å².